The zero-order valence-corrected chi connectivity index (χ0v) is 10.9. The highest BCUT2D eigenvalue weighted by molar-refractivity contribution is 5.86. The summed E-state index contributed by atoms with van der Waals surface area (Å²) in [6.07, 6.45) is 0. The van der Waals surface area contributed by atoms with Gasteiger partial charge in [-0.2, -0.15) is 0 Å². The van der Waals surface area contributed by atoms with Crippen LogP contribution in [0.25, 0.3) is 10.8 Å². The van der Waals surface area contributed by atoms with E-state index in [0.29, 0.717) is 6.04 Å². The molecule has 94 valence electrons. The predicted octanol–water partition coefficient (Wildman–Crippen LogP) is 2.81. The van der Waals surface area contributed by atoms with Crippen molar-refractivity contribution in [3.8, 4) is 0 Å². The number of nitrogens with one attached hydrogen (secondary N) is 1. The molecule has 1 aliphatic rings. The van der Waals surface area contributed by atoms with Crippen LogP contribution in [0.15, 0.2) is 42.5 Å². The Hall–Kier alpha value is -1.38. The molecule has 0 aliphatic carbocycles. The first-order valence-corrected chi connectivity index (χ1v) is 6.79. The van der Waals surface area contributed by atoms with E-state index >= 15 is 0 Å². The lowest BCUT2D eigenvalue weighted by molar-refractivity contribution is 0.186. The van der Waals surface area contributed by atoms with Crippen molar-refractivity contribution >= 4 is 10.8 Å². The van der Waals surface area contributed by atoms with Gasteiger partial charge in [-0.3, -0.25) is 4.90 Å². The summed E-state index contributed by atoms with van der Waals surface area (Å²) in [6, 6.07) is 15.8. The van der Waals surface area contributed by atoms with E-state index in [4.69, 9.17) is 0 Å². The van der Waals surface area contributed by atoms with Crippen molar-refractivity contribution in [2.75, 3.05) is 26.2 Å². The van der Waals surface area contributed by atoms with Gasteiger partial charge in [0, 0.05) is 32.2 Å². The Balaban J connectivity index is 1.97. The average molecular weight is 240 g/mol. The number of nitrogens with zero attached hydrogens (tertiary/aromatic N) is 1. The Kier molecular flexibility index (Phi) is 3.31. The molecule has 1 aliphatic heterocycles. The van der Waals surface area contributed by atoms with E-state index in [1.807, 2.05) is 0 Å². The second kappa shape index (κ2) is 5.09. The fourth-order valence-electron chi connectivity index (χ4n) is 2.88. The highest BCUT2D eigenvalue weighted by atomic mass is 15.2. The molecule has 3 rings (SSSR count). The van der Waals surface area contributed by atoms with E-state index in [-0.39, 0.29) is 0 Å². The standard InChI is InChI=1S/C16H20N2/c1-13(18-11-9-17-10-12-18)15-8-4-6-14-5-2-3-7-16(14)15/h2-8,13,17H,9-12H2,1H3. The third kappa shape index (κ3) is 2.14. The average Bonchev–Trinajstić information content (AvgIpc) is 2.47. The molecule has 2 nitrogen and oxygen atoms in total. The van der Waals surface area contributed by atoms with Gasteiger partial charge < -0.3 is 5.32 Å². The lowest BCUT2D eigenvalue weighted by atomic mass is 9.98. The molecule has 1 unspecified atom stereocenters. The van der Waals surface area contributed by atoms with Crippen LogP contribution in [-0.2, 0) is 0 Å². The number of piperazine rings is 1. The van der Waals surface area contributed by atoms with Crippen LogP contribution < -0.4 is 5.32 Å². The van der Waals surface area contributed by atoms with E-state index in [9.17, 15) is 0 Å². The van der Waals surface area contributed by atoms with E-state index in [0.717, 1.165) is 26.2 Å². The van der Waals surface area contributed by atoms with Crippen LogP contribution in [0.1, 0.15) is 18.5 Å². The fourth-order valence-corrected chi connectivity index (χ4v) is 2.88. The van der Waals surface area contributed by atoms with Crippen molar-refractivity contribution < 1.29 is 0 Å². The quantitative estimate of drug-likeness (QED) is 0.868. The molecule has 0 radical (unpaired) electrons. The van der Waals surface area contributed by atoms with Crippen LogP contribution in [-0.4, -0.2) is 31.1 Å². The molecule has 18 heavy (non-hydrogen) atoms. The summed E-state index contributed by atoms with van der Waals surface area (Å²) in [5.74, 6) is 0. The first kappa shape index (κ1) is 11.7. The minimum Gasteiger partial charge on any atom is -0.314 e. The zero-order chi connectivity index (χ0) is 12.4. The van der Waals surface area contributed by atoms with Crippen molar-refractivity contribution in [2.24, 2.45) is 0 Å². The predicted molar refractivity (Wildman–Crippen MR) is 76.8 cm³/mol. The molecule has 0 bridgehead atoms. The Bertz CT molecular complexity index is 524. The Morgan fingerprint density at radius 1 is 1.00 bits per heavy atom. The first-order chi connectivity index (χ1) is 8.86. The number of rotatable bonds is 2. The van der Waals surface area contributed by atoms with Crippen molar-refractivity contribution in [1.82, 2.24) is 10.2 Å². The topological polar surface area (TPSA) is 15.3 Å². The maximum absolute atomic E-state index is 3.42. The summed E-state index contributed by atoms with van der Waals surface area (Å²) >= 11 is 0. The van der Waals surface area contributed by atoms with E-state index < -0.39 is 0 Å². The van der Waals surface area contributed by atoms with Gasteiger partial charge in [-0.25, -0.2) is 0 Å². The molecule has 0 aromatic heterocycles. The van der Waals surface area contributed by atoms with Crippen LogP contribution in [0.3, 0.4) is 0 Å². The second-order valence-electron chi connectivity index (χ2n) is 5.03. The van der Waals surface area contributed by atoms with Crippen LogP contribution in [0.4, 0.5) is 0 Å². The number of benzene rings is 2. The van der Waals surface area contributed by atoms with Gasteiger partial charge in [-0.15, -0.1) is 0 Å². The molecule has 0 saturated carbocycles. The summed E-state index contributed by atoms with van der Waals surface area (Å²) in [7, 11) is 0. The van der Waals surface area contributed by atoms with Crippen LogP contribution >= 0.6 is 0 Å². The fraction of sp³-hybridized carbons (Fsp3) is 0.375. The molecule has 1 saturated heterocycles. The summed E-state index contributed by atoms with van der Waals surface area (Å²) in [5.41, 5.74) is 1.45. The van der Waals surface area contributed by atoms with Gasteiger partial charge in [0.1, 0.15) is 0 Å². The minimum absolute atomic E-state index is 0.498. The van der Waals surface area contributed by atoms with Crippen LogP contribution in [0.2, 0.25) is 0 Å². The molecule has 1 heterocycles. The highest BCUT2D eigenvalue weighted by Crippen LogP contribution is 2.27. The van der Waals surface area contributed by atoms with E-state index in [1.165, 1.54) is 16.3 Å². The summed E-state index contributed by atoms with van der Waals surface area (Å²) in [5, 5.41) is 6.16. The lowest BCUT2D eigenvalue weighted by Crippen LogP contribution is -2.44. The molecule has 0 spiro atoms. The molecule has 2 aromatic rings. The summed E-state index contributed by atoms with van der Waals surface area (Å²) < 4.78 is 0. The maximum Gasteiger partial charge on any atom is 0.0327 e. The van der Waals surface area contributed by atoms with Crippen LogP contribution in [0.5, 0.6) is 0 Å². The number of hydrogen-bond acceptors (Lipinski definition) is 2. The SMILES string of the molecule is CC(c1cccc2ccccc12)N1CCNCC1. The van der Waals surface area contributed by atoms with Crippen LogP contribution in [0, 0.1) is 0 Å². The first-order valence-electron chi connectivity index (χ1n) is 6.79. The lowest BCUT2D eigenvalue weighted by Gasteiger charge is -2.33. The molecule has 2 aromatic carbocycles. The van der Waals surface area contributed by atoms with Gasteiger partial charge in [0.25, 0.3) is 0 Å². The molecule has 1 N–H and O–H groups in total. The molecule has 0 amide bonds. The van der Waals surface area contributed by atoms with Gasteiger partial charge >= 0.3 is 0 Å². The summed E-state index contributed by atoms with van der Waals surface area (Å²) in [6.45, 7) is 6.83. The van der Waals surface area contributed by atoms with Gasteiger partial charge in [0.15, 0.2) is 0 Å². The van der Waals surface area contributed by atoms with Gasteiger partial charge in [0.05, 0.1) is 0 Å². The Labute approximate surface area is 109 Å². The summed E-state index contributed by atoms with van der Waals surface area (Å²) in [4.78, 5) is 2.57. The van der Waals surface area contributed by atoms with Crippen molar-refractivity contribution in [1.29, 1.82) is 0 Å². The number of hydrogen-bond donors (Lipinski definition) is 1. The minimum atomic E-state index is 0.498. The van der Waals surface area contributed by atoms with Gasteiger partial charge in [-0.05, 0) is 23.3 Å². The highest BCUT2D eigenvalue weighted by Gasteiger charge is 2.19. The third-order valence-corrected chi connectivity index (χ3v) is 3.97. The zero-order valence-electron chi connectivity index (χ0n) is 10.9. The number of fused-ring (bicyclic) bond motifs is 1. The maximum atomic E-state index is 3.42. The normalized spacial score (nSPS) is 18.9. The second-order valence-corrected chi connectivity index (χ2v) is 5.03. The van der Waals surface area contributed by atoms with E-state index in [1.54, 1.807) is 0 Å². The molecular formula is C16H20N2. The van der Waals surface area contributed by atoms with Gasteiger partial charge in [0.2, 0.25) is 0 Å². The molecule has 2 heteroatoms. The third-order valence-electron chi connectivity index (χ3n) is 3.97. The molecule has 1 fully saturated rings. The van der Waals surface area contributed by atoms with E-state index in [2.05, 4.69) is 59.6 Å². The van der Waals surface area contributed by atoms with Crippen molar-refractivity contribution in [3.63, 3.8) is 0 Å². The van der Waals surface area contributed by atoms with Gasteiger partial charge in [-0.1, -0.05) is 42.5 Å². The smallest absolute Gasteiger partial charge is 0.0327 e. The molecule has 1 atom stereocenters. The monoisotopic (exact) mass is 240 g/mol. The Morgan fingerprint density at radius 2 is 1.72 bits per heavy atom. The Morgan fingerprint density at radius 3 is 2.56 bits per heavy atom. The molecular weight excluding hydrogens is 220 g/mol. The largest absolute Gasteiger partial charge is 0.314 e. The van der Waals surface area contributed by atoms with Crippen molar-refractivity contribution in [2.45, 2.75) is 13.0 Å². The van der Waals surface area contributed by atoms with Crippen molar-refractivity contribution in [3.05, 3.63) is 48.0 Å².